The highest BCUT2D eigenvalue weighted by atomic mass is 16.3. The van der Waals surface area contributed by atoms with E-state index in [1.807, 2.05) is 0 Å². The largest absolute Gasteiger partial charge is 0.456 e. The van der Waals surface area contributed by atoms with E-state index in [1.165, 1.54) is 55.2 Å². The molecule has 1 aliphatic rings. The van der Waals surface area contributed by atoms with Crippen LogP contribution in [0.4, 0.5) is 0 Å². The summed E-state index contributed by atoms with van der Waals surface area (Å²) in [5, 5.41) is 6.87. The molecule has 0 bridgehead atoms. The van der Waals surface area contributed by atoms with Crippen molar-refractivity contribution in [3.05, 3.63) is 222 Å². The number of hydrogen-bond donors (Lipinski definition) is 0. The van der Waals surface area contributed by atoms with E-state index < -0.39 is 5.41 Å². The van der Waals surface area contributed by atoms with Crippen molar-refractivity contribution in [2.24, 2.45) is 0 Å². The zero-order valence-electron chi connectivity index (χ0n) is 31.3. The summed E-state index contributed by atoms with van der Waals surface area (Å²) in [4.78, 5) is 0. The molecule has 0 saturated carbocycles. The summed E-state index contributed by atoms with van der Waals surface area (Å²) in [6.07, 6.45) is 0. The minimum Gasteiger partial charge on any atom is -0.456 e. The Hall–Kier alpha value is -7.62. The number of nitrogens with zero attached hydrogens (tertiary/aromatic N) is 1. The molecule has 0 aliphatic heterocycles. The number of fused-ring (bicyclic) bond motifs is 12. The van der Waals surface area contributed by atoms with Gasteiger partial charge in [-0.2, -0.15) is 0 Å². The first-order chi connectivity index (χ1) is 28.8. The second-order valence-corrected chi connectivity index (χ2v) is 15.5. The molecule has 0 unspecified atom stereocenters. The van der Waals surface area contributed by atoms with Crippen LogP contribution in [0, 0.1) is 0 Å². The third-order valence-corrected chi connectivity index (χ3v) is 12.7. The van der Waals surface area contributed by atoms with Gasteiger partial charge in [-0.3, -0.25) is 0 Å². The summed E-state index contributed by atoms with van der Waals surface area (Å²) in [6.45, 7) is 0. The van der Waals surface area contributed by atoms with Crippen molar-refractivity contribution in [3.63, 3.8) is 0 Å². The van der Waals surface area contributed by atoms with Crippen molar-refractivity contribution in [3.8, 4) is 27.9 Å². The number of aromatic nitrogens is 1. The fourth-order valence-electron chi connectivity index (χ4n) is 10.3. The van der Waals surface area contributed by atoms with E-state index >= 15 is 0 Å². The second kappa shape index (κ2) is 11.7. The van der Waals surface area contributed by atoms with E-state index in [9.17, 15) is 0 Å². The number of para-hydroxylation sites is 5. The summed E-state index contributed by atoms with van der Waals surface area (Å²) < 4.78 is 16.4. The number of benzene rings is 9. The molecule has 1 aliphatic carbocycles. The van der Waals surface area contributed by atoms with E-state index in [4.69, 9.17) is 8.83 Å². The molecule has 0 amide bonds. The molecule has 12 aromatic rings. The number of hydrogen-bond acceptors (Lipinski definition) is 2. The van der Waals surface area contributed by atoms with Gasteiger partial charge in [0.05, 0.1) is 16.4 Å². The molecule has 0 saturated heterocycles. The lowest BCUT2D eigenvalue weighted by Gasteiger charge is -2.34. The molecule has 0 radical (unpaired) electrons. The van der Waals surface area contributed by atoms with Gasteiger partial charge in [-0.25, -0.2) is 0 Å². The van der Waals surface area contributed by atoms with E-state index in [2.05, 4.69) is 205 Å². The van der Waals surface area contributed by atoms with Crippen LogP contribution in [0.1, 0.15) is 22.3 Å². The van der Waals surface area contributed by atoms with Crippen molar-refractivity contribution >= 4 is 65.7 Å². The zero-order valence-corrected chi connectivity index (χ0v) is 31.3. The average Bonchev–Trinajstić information content (AvgIpc) is 4.03. The van der Waals surface area contributed by atoms with Gasteiger partial charge in [0.25, 0.3) is 0 Å². The Morgan fingerprint density at radius 3 is 1.60 bits per heavy atom. The van der Waals surface area contributed by atoms with Gasteiger partial charge in [0, 0.05) is 49.1 Å². The van der Waals surface area contributed by atoms with Crippen molar-refractivity contribution in [2.75, 3.05) is 0 Å². The minimum atomic E-state index is -0.804. The first-order valence-electron chi connectivity index (χ1n) is 19.9. The smallest absolute Gasteiger partial charge is 0.140 e. The predicted octanol–water partition coefficient (Wildman–Crippen LogP) is 14.6. The molecular formula is C55H33NO2. The number of furan rings is 2. The van der Waals surface area contributed by atoms with Crippen LogP contribution in [0.15, 0.2) is 209 Å². The lowest BCUT2D eigenvalue weighted by atomic mass is 9.67. The highest BCUT2D eigenvalue weighted by molar-refractivity contribution is 6.12. The number of rotatable bonds is 4. The normalized spacial score (nSPS) is 13.3. The van der Waals surface area contributed by atoms with Crippen molar-refractivity contribution in [1.29, 1.82) is 0 Å². The predicted molar refractivity (Wildman–Crippen MR) is 238 cm³/mol. The van der Waals surface area contributed by atoms with Crippen LogP contribution in [-0.4, -0.2) is 4.57 Å². The molecule has 3 aromatic heterocycles. The molecule has 58 heavy (non-hydrogen) atoms. The van der Waals surface area contributed by atoms with Crippen LogP contribution in [0.5, 0.6) is 0 Å². The van der Waals surface area contributed by atoms with Gasteiger partial charge in [-0.15, -0.1) is 0 Å². The average molecular weight is 740 g/mol. The topological polar surface area (TPSA) is 31.2 Å². The minimum absolute atomic E-state index is 0.804. The first kappa shape index (κ1) is 31.6. The quantitative estimate of drug-likeness (QED) is 0.180. The van der Waals surface area contributed by atoms with Gasteiger partial charge >= 0.3 is 0 Å². The molecule has 0 spiro atoms. The molecule has 13 rings (SSSR count). The van der Waals surface area contributed by atoms with Crippen molar-refractivity contribution in [2.45, 2.75) is 5.41 Å². The van der Waals surface area contributed by atoms with Gasteiger partial charge < -0.3 is 13.4 Å². The third kappa shape index (κ3) is 4.12. The molecule has 3 heteroatoms. The summed E-state index contributed by atoms with van der Waals surface area (Å²) >= 11 is 0. The summed E-state index contributed by atoms with van der Waals surface area (Å²) in [6, 6.07) is 72.4. The summed E-state index contributed by atoms with van der Waals surface area (Å²) in [7, 11) is 0. The molecular weight excluding hydrogens is 707 g/mol. The molecule has 3 heterocycles. The van der Waals surface area contributed by atoms with Crippen LogP contribution in [0.2, 0.25) is 0 Å². The van der Waals surface area contributed by atoms with Crippen LogP contribution >= 0.6 is 0 Å². The lowest BCUT2D eigenvalue weighted by molar-refractivity contribution is 0.634. The lowest BCUT2D eigenvalue weighted by Crippen LogP contribution is -2.29. The van der Waals surface area contributed by atoms with E-state index in [1.54, 1.807) is 0 Å². The van der Waals surface area contributed by atoms with Gasteiger partial charge in [-0.1, -0.05) is 158 Å². The Morgan fingerprint density at radius 2 is 0.879 bits per heavy atom. The van der Waals surface area contributed by atoms with E-state index in [-0.39, 0.29) is 0 Å². The maximum atomic E-state index is 6.97. The van der Waals surface area contributed by atoms with Gasteiger partial charge in [0.1, 0.15) is 22.3 Å². The monoisotopic (exact) mass is 739 g/mol. The van der Waals surface area contributed by atoms with E-state index in [0.29, 0.717) is 0 Å². The highest BCUT2D eigenvalue weighted by Crippen LogP contribution is 2.59. The molecule has 270 valence electrons. The third-order valence-electron chi connectivity index (χ3n) is 12.7. The Balaban J connectivity index is 1.17. The second-order valence-electron chi connectivity index (χ2n) is 15.5. The Bertz CT molecular complexity index is 3520. The molecule has 0 N–H and O–H groups in total. The molecule has 0 atom stereocenters. The standard InChI is InChI=1S/C55H33NO2/c1-2-14-34(15-3-1)35-28-31-50-44(32-35)39-17-5-9-25-49(39)56(50)36-29-30-38-37-16-4-8-22-45(37)55(48(38)33-36,46-23-12-20-42-40-18-6-10-26-51(40)57-53(42)46)47-24-13-21-43-41-19-7-11-27-52(41)58-54(43)47/h1-33H. The van der Waals surface area contributed by atoms with Crippen LogP contribution in [-0.2, 0) is 5.41 Å². The fourth-order valence-corrected chi connectivity index (χ4v) is 10.3. The Kier molecular flexibility index (Phi) is 6.37. The van der Waals surface area contributed by atoms with Crippen molar-refractivity contribution in [1.82, 2.24) is 4.57 Å². The molecule has 3 nitrogen and oxygen atoms in total. The van der Waals surface area contributed by atoms with Crippen molar-refractivity contribution < 1.29 is 8.83 Å². The van der Waals surface area contributed by atoms with Crippen LogP contribution < -0.4 is 0 Å². The van der Waals surface area contributed by atoms with Gasteiger partial charge in [0.2, 0.25) is 0 Å². The zero-order chi connectivity index (χ0) is 38.0. The van der Waals surface area contributed by atoms with Gasteiger partial charge in [-0.05, 0) is 75.8 Å². The fraction of sp³-hybridized carbons (Fsp3) is 0.0182. The summed E-state index contributed by atoms with van der Waals surface area (Å²) in [5.74, 6) is 0. The highest BCUT2D eigenvalue weighted by Gasteiger charge is 2.49. The first-order valence-corrected chi connectivity index (χ1v) is 19.9. The maximum Gasteiger partial charge on any atom is 0.140 e. The van der Waals surface area contributed by atoms with Crippen LogP contribution in [0.3, 0.4) is 0 Å². The SMILES string of the molecule is c1ccc(-c2ccc3c(c2)c2ccccc2n3-c2ccc3c(c2)C(c2cccc4c2oc2ccccc24)(c2cccc4c2oc2ccccc24)c2ccccc2-3)cc1. The Morgan fingerprint density at radius 1 is 0.328 bits per heavy atom. The van der Waals surface area contributed by atoms with Crippen LogP contribution in [0.25, 0.3) is 93.6 Å². The van der Waals surface area contributed by atoms with Gasteiger partial charge in [0.15, 0.2) is 0 Å². The molecule has 9 aromatic carbocycles. The maximum absolute atomic E-state index is 6.97. The molecule has 0 fully saturated rings. The van der Waals surface area contributed by atoms with E-state index in [0.717, 1.165) is 60.7 Å². The summed E-state index contributed by atoms with van der Waals surface area (Å²) in [5.41, 5.74) is 15.6. The Labute approximate surface area is 333 Å².